The van der Waals surface area contributed by atoms with Gasteiger partial charge in [-0.05, 0) is 50.5 Å². The van der Waals surface area contributed by atoms with Crippen molar-refractivity contribution in [2.75, 3.05) is 10.6 Å². The molecule has 0 aliphatic heterocycles. The number of aryl methyl sites for hydroxylation is 2. The third-order valence-electron chi connectivity index (χ3n) is 5.91. The summed E-state index contributed by atoms with van der Waals surface area (Å²) in [7, 11) is 0. The first kappa shape index (κ1) is 24.9. The van der Waals surface area contributed by atoms with Crippen molar-refractivity contribution in [3.8, 4) is 11.3 Å². The summed E-state index contributed by atoms with van der Waals surface area (Å²) in [5.41, 5.74) is 4.66. The number of amides is 2. The van der Waals surface area contributed by atoms with E-state index >= 15 is 0 Å². The molecule has 2 N–H and O–H groups in total. The van der Waals surface area contributed by atoms with Crippen molar-refractivity contribution in [1.82, 2.24) is 9.78 Å². The van der Waals surface area contributed by atoms with E-state index in [2.05, 4.69) is 15.7 Å². The van der Waals surface area contributed by atoms with Gasteiger partial charge in [-0.3, -0.25) is 14.4 Å². The van der Waals surface area contributed by atoms with E-state index in [1.54, 1.807) is 19.9 Å². The maximum atomic E-state index is 13.3. The van der Waals surface area contributed by atoms with Crippen molar-refractivity contribution in [2.24, 2.45) is 5.92 Å². The van der Waals surface area contributed by atoms with E-state index in [0.29, 0.717) is 17.8 Å². The van der Waals surface area contributed by atoms with Gasteiger partial charge in [0, 0.05) is 17.2 Å². The summed E-state index contributed by atoms with van der Waals surface area (Å²) in [5, 5.41) is 10.2. The van der Waals surface area contributed by atoms with E-state index in [-0.39, 0.29) is 23.4 Å². The number of aromatic nitrogens is 2. The van der Waals surface area contributed by atoms with Gasteiger partial charge in [0.15, 0.2) is 0 Å². The van der Waals surface area contributed by atoms with Gasteiger partial charge in [-0.15, -0.1) is 0 Å². The van der Waals surface area contributed by atoms with Crippen LogP contribution in [-0.4, -0.2) is 21.6 Å². The Labute approximate surface area is 200 Å². The van der Waals surface area contributed by atoms with Gasteiger partial charge in [-0.2, -0.15) is 5.10 Å². The molecule has 3 aromatic rings. The van der Waals surface area contributed by atoms with Crippen LogP contribution in [0.25, 0.3) is 11.3 Å². The Hall–Kier alpha value is -3.74. The average Bonchev–Trinajstić information content (AvgIpc) is 2.80. The molecule has 2 amide bonds. The van der Waals surface area contributed by atoms with Crippen LogP contribution in [0.2, 0.25) is 0 Å². The normalized spacial score (nSPS) is 11.9. The molecule has 0 saturated carbocycles. The van der Waals surface area contributed by atoms with Crippen molar-refractivity contribution in [3.05, 3.63) is 75.6 Å². The molecule has 0 radical (unpaired) electrons. The Bertz CT molecular complexity index is 1260. The van der Waals surface area contributed by atoms with Crippen LogP contribution in [0.5, 0.6) is 0 Å². The van der Waals surface area contributed by atoms with Gasteiger partial charge < -0.3 is 10.6 Å². The molecule has 1 atom stereocenters. The van der Waals surface area contributed by atoms with Gasteiger partial charge in [-0.25, -0.2) is 4.68 Å². The summed E-state index contributed by atoms with van der Waals surface area (Å²) in [6, 6.07) is 14.1. The second kappa shape index (κ2) is 10.5. The van der Waals surface area contributed by atoms with Crippen molar-refractivity contribution in [3.63, 3.8) is 0 Å². The first-order chi connectivity index (χ1) is 16.1. The highest BCUT2D eigenvalue weighted by Gasteiger charge is 2.25. The molecule has 7 nitrogen and oxygen atoms in total. The minimum atomic E-state index is -0.854. The zero-order valence-corrected chi connectivity index (χ0v) is 20.6. The monoisotopic (exact) mass is 460 g/mol. The molecule has 1 unspecified atom stereocenters. The van der Waals surface area contributed by atoms with Crippen molar-refractivity contribution in [1.29, 1.82) is 0 Å². The topological polar surface area (TPSA) is 93.1 Å². The van der Waals surface area contributed by atoms with Crippen LogP contribution in [0, 0.1) is 26.7 Å². The lowest BCUT2D eigenvalue weighted by molar-refractivity contribution is -0.120. The summed E-state index contributed by atoms with van der Waals surface area (Å²) in [6.45, 7) is 11.2. The number of hydrogen-bond donors (Lipinski definition) is 2. The minimum absolute atomic E-state index is 0.0993. The van der Waals surface area contributed by atoms with Gasteiger partial charge in [0.1, 0.15) is 11.7 Å². The zero-order chi connectivity index (χ0) is 25.0. The number of anilines is 2. The lowest BCUT2D eigenvalue weighted by Crippen LogP contribution is -2.37. The van der Waals surface area contributed by atoms with Crippen LogP contribution in [0.4, 0.5) is 11.4 Å². The molecule has 178 valence electrons. The number of carbonyl (C=O) groups excluding carboxylic acids is 2. The van der Waals surface area contributed by atoms with E-state index < -0.39 is 11.6 Å². The van der Waals surface area contributed by atoms with Gasteiger partial charge in [-0.1, -0.05) is 62.7 Å². The highest BCUT2D eigenvalue weighted by Crippen LogP contribution is 2.23. The molecule has 1 heterocycles. The largest absolute Gasteiger partial charge is 0.324 e. The number of benzene rings is 2. The number of nitrogens with one attached hydrogen (secondary N) is 2. The predicted octanol–water partition coefficient (Wildman–Crippen LogP) is 5.02. The molecule has 0 aliphatic rings. The van der Waals surface area contributed by atoms with Crippen LogP contribution in [0.3, 0.4) is 0 Å². The van der Waals surface area contributed by atoms with Crippen molar-refractivity contribution >= 4 is 23.2 Å². The Morgan fingerprint density at radius 3 is 2.21 bits per heavy atom. The Kier molecular flexibility index (Phi) is 7.66. The van der Waals surface area contributed by atoms with E-state index in [0.717, 1.165) is 22.3 Å². The van der Waals surface area contributed by atoms with Crippen molar-refractivity contribution < 1.29 is 9.59 Å². The molecule has 2 aromatic carbocycles. The van der Waals surface area contributed by atoms with Crippen molar-refractivity contribution in [2.45, 2.75) is 54.0 Å². The Morgan fingerprint density at radius 2 is 1.59 bits per heavy atom. The van der Waals surface area contributed by atoms with Gasteiger partial charge in [0.25, 0.3) is 5.56 Å². The molecule has 0 aliphatic carbocycles. The van der Waals surface area contributed by atoms with Gasteiger partial charge >= 0.3 is 0 Å². The third kappa shape index (κ3) is 5.42. The SMILES string of the molecule is CCC(C(=O)Nc1cccc(C)c1C)n1nc(-c2ccc(C)cc2)cc(NC(=O)C(C)C)c1=O. The number of nitrogens with zero attached hydrogens (tertiary/aromatic N) is 2. The molecule has 1 aromatic heterocycles. The van der Waals surface area contributed by atoms with E-state index in [1.165, 1.54) is 4.68 Å². The first-order valence-corrected chi connectivity index (χ1v) is 11.5. The van der Waals surface area contributed by atoms with Crippen LogP contribution < -0.4 is 16.2 Å². The fraction of sp³-hybridized carbons (Fsp3) is 0.333. The molecule has 3 rings (SSSR count). The first-order valence-electron chi connectivity index (χ1n) is 11.5. The fourth-order valence-electron chi connectivity index (χ4n) is 3.53. The summed E-state index contributed by atoms with van der Waals surface area (Å²) >= 11 is 0. The number of hydrogen-bond acceptors (Lipinski definition) is 4. The molecular formula is C27H32N4O3. The van der Waals surface area contributed by atoms with Crippen LogP contribution in [0.1, 0.15) is 49.9 Å². The fourth-order valence-corrected chi connectivity index (χ4v) is 3.53. The van der Waals surface area contributed by atoms with Gasteiger partial charge in [0.2, 0.25) is 11.8 Å². The standard InChI is InChI=1S/C27H32N4O3/c1-7-24(26(33)28-21-10-8-9-18(5)19(21)6)31-27(34)23(29-25(32)16(2)3)15-22(30-31)20-13-11-17(4)12-14-20/h8-16,24H,7H2,1-6H3,(H,28,33)(H,29,32). The average molecular weight is 461 g/mol. The Morgan fingerprint density at radius 1 is 0.941 bits per heavy atom. The molecule has 34 heavy (non-hydrogen) atoms. The summed E-state index contributed by atoms with van der Waals surface area (Å²) in [6.07, 6.45) is 0.346. The summed E-state index contributed by atoms with van der Waals surface area (Å²) in [5.74, 6) is -0.927. The van der Waals surface area contributed by atoms with E-state index in [9.17, 15) is 14.4 Å². The molecule has 0 bridgehead atoms. The maximum absolute atomic E-state index is 13.3. The maximum Gasteiger partial charge on any atom is 0.291 e. The van der Waals surface area contributed by atoms with Crippen LogP contribution >= 0.6 is 0 Å². The quantitative estimate of drug-likeness (QED) is 0.518. The minimum Gasteiger partial charge on any atom is -0.324 e. The lowest BCUT2D eigenvalue weighted by atomic mass is 10.1. The van der Waals surface area contributed by atoms with E-state index in [4.69, 9.17) is 0 Å². The van der Waals surface area contributed by atoms with Crippen LogP contribution in [-0.2, 0) is 9.59 Å². The van der Waals surface area contributed by atoms with Gasteiger partial charge in [0.05, 0.1) is 5.69 Å². The predicted molar refractivity (Wildman–Crippen MR) is 136 cm³/mol. The molecule has 7 heteroatoms. The zero-order valence-electron chi connectivity index (χ0n) is 20.6. The second-order valence-electron chi connectivity index (χ2n) is 8.86. The van der Waals surface area contributed by atoms with E-state index in [1.807, 2.05) is 70.2 Å². The molecular weight excluding hydrogens is 428 g/mol. The third-order valence-corrected chi connectivity index (χ3v) is 5.91. The molecule has 0 saturated heterocycles. The van der Waals surface area contributed by atoms with Crippen LogP contribution in [0.15, 0.2) is 53.3 Å². The molecule has 0 fully saturated rings. The molecule has 0 spiro atoms. The number of carbonyl (C=O) groups is 2. The Balaban J connectivity index is 2.09. The highest BCUT2D eigenvalue weighted by molar-refractivity contribution is 5.95. The highest BCUT2D eigenvalue weighted by atomic mass is 16.2. The smallest absolute Gasteiger partial charge is 0.291 e. The summed E-state index contributed by atoms with van der Waals surface area (Å²) < 4.78 is 1.19. The lowest BCUT2D eigenvalue weighted by Gasteiger charge is -2.20. The second-order valence-corrected chi connectivity index (χ2v) is 8.86. The summed E-state index contributed by atoms with van der Waals surface area (Å²) in [4.78, 5) is 39.0. The number of rotatable bonds is 7.